The van der Waals surface area contributed by atoms with E-state index in [0.717, 1.165) is 0 Å². The van der Waals surface area contributed by atoms with Gasteiger partial charge in [0, 0.05) is 16.7 Å². The molecule has 0 aromatic rings. The molecule has 9 heteroatoms. The van der Waals surface area contributed by atoms with Crippen LogP contribution in [0.1, 0.15) is 20.8 Å². The minimum Gasteiger partial charge on any atom is -0.383 e. The predicted molar refractivity (Wildman–Crippen MR) is 86.1 cm³/mol. The number of aldehydes is 3. The summed E-state index contributed by atoms with van der Waals surface area (Å²) in [4.78, 5) is 70.3. The molecule has 0 fully saturated rings. The molecule has 0 aromatic carbocycles. The van der Waals surface area contributed by atoms with Gasteiger partial charge in [0.25, 0.3) is 5.41 Å². The van der Waals surface area contributed by atoms with Crippen LogP contribution in [0, 0.1) is 5.41 Å². The van der Waals surface area contributed by atoms with Crippen molar-refractivity contribution in [2.75, 3.05) is 0 Å². The van der Waals surface area contributed by atoms with E-state index in [1.54, 1.807) is 0 Å². The van der Waals surface area contributed by atoms with Gasteiger partial charge < -0.3 is 28.6 Å². The fourth-order valence-electron chi connectivity index (χ4n) is 1.25. The lowest BCUT2D eigenvalue weighted by molar-refractivity contribution is -0.347. The van der Waals surface area contributed by atoms with Crippen LogP contribution in [-0.2, 0) is 43.0 Å². The van der Waals surface area contributed by atoms with Gasteiger partial charge in [-0.3, -0.25) is 0 Å². The molecule has 0 unspecified atom stereocenters. The third-order valence-electron chi connectivity index (χ3n) is 2.84. The van der Waals surface area contributed by atoms with Crippen molar-refractivity contribution >= 4 is 36.8 Å². The maximum Gasteiger partial charge on any atom is 0.451 e. The number of esters is 3. The number of ether oxygens (including phenoxy) is 3. The van der Waals surface area contributed by atoms with Gasteiger partial charge in [-0.05, 0) is 20.8 Å². The summed E-state index contributed by atoms with van der Waals surface area (Å²) in [5.74, 6) is -7.31. The third kappa shape index (κ3) is 4.59. The Morgan fingerprint density at radius 2 is 0.885 bits per heavy atom. The first-order valence-electron chi connectivity index (χ1n) is 6.97. The highest BCUT2D eigenvalue weighted by atomic mass is 16.9. The van der Waals surface area contributed by atoms with Crippen molar-refractivity contribution in [3.05, 3.63) is 36.5 Å². The SMILES string of the molecule is C=C(C)C(=O)OC(OC(=O)C(=C)C)(OC(=O)C(=C)C)C(C=O)(C=O)C=O. The van der Waals surface area contributed by atoms with E-state index in [1.165, 1.54) is 20.8 Å². The lowest BCUT2D eigenvalue weighted by Gasteiger charge is -2.37. The monoisotopic (exact) mass is 366 g/mol. The van der Waals surface area contributed by atoms with Crippen LogP contribution in [0.15, 0.2) is 36.5 Å². The molecule has 0 bridgehead atoms. The maximum absolute atomic E-state index is 12.0. The van der Waals surface area contributed by atoms with Gasteiger partial charge in [-0.2, -0.15) is 0 Å². The quantitative estimate of drug-likeness (QED) is 0.179. The average Bonchev–Trinajstić information content (AvgIpc) is 2.56. The summed E-state index contributed by atoms with van der Waals surface area (Å²) in [6, 6.07) is 0. The maximum atomic E-state index is 12.0. The molecule has 0 amide bonds. The highest BCUT2D eigenvalue weighted by Crippen LogP contribution is 2.35. The van der Waals surface area contributed by atoms with E-state index in [9.17, 15) is 28.8 Å². The molecule has 140 valence electrons. The summed E-state index contributed by atoms with van der Waals surface area (Å²) in [7, 11) is 0. The van der Waals surface area contributed by atoms with E-state index < -0.39 is 29.3 Å². The molecule has 0 heterocycles. The topological polar surface area (TPSA) is 130 Å². The summed E-state index contributed by atoms with van der Waals surface area (Å²) >= 11 is 0. The molecule has 26 heavy (non-hydrogen) atoms. The Morgan fingerprint density at radius 1 is 0.654 bits per heavy atom. The summed E-state index contributed by atoms with van der Waals surface area (Å²) in [6.07, 6.45) is -0.887. The first-order valence-corrected chi connectivity index (χ1v) is 6.97. The lowest BCUT2D eigenvalue weighted by Crippen LogP contribution is -2.60. The number of rotatable bonds is 10. The van der Waals surface area contributed by atoms with E-state index in [2.05, 4.69) is 19.7 Å². The van der Waals surface area contributed by atoms with Crippen LogP contribution in [-0.4, -0.2) is 42.7 Å². The zero-order valence-electron chi connectivity index (χ0n) is 14.5. The molecule has 0 atom stereocenters. The molecule has 0 aliphatic rings. The van der Waals surface area contributed by atoms with Crippen LogP contribution in [0.3, 0.4) is 0 Å². The van der Waals surface area contributed by atoms with Gasteiger partial charge in [0.2, 0.25) is 0 Å². The van der Waals surface area contributed by atoms with E-state index in [0.29, 0.717) is 0 Å². The zero-order chi connectivity index (χ0) is 20.7. The Hall–Kier alpha value is -3.36. The molecule has 0 saturated heterocycles. The van der Waals surface area contributed by atoms with Crippen molar-refractivity contribution < 1.29 is 43.0 Å². The zero-order valence-corrected chi connectivity index (χ0v) is 14.5. The second-order valence-electron chi connectivity index (χ2n) is 5.35. The van der Waals surface area contributed by atoms with Crippen LogP contribution >= 0.6 is 0 Å². The highest BCUT2D eigenvalue weighted by molar-refractivity contribution is 6.05. The molecular formula is C17H18O9. The smallest absolute Gasteiger partial charge is 0.383 e. The van der Waals surface area contributed by atoms with Crippen LogP contribution in [0.25, 0.3) is 0 Å². The molecule has 0 N–H and O–H groups in total. The summed E-state index contributed by atoms with van der Waals surface area (Å²) in [6.45, 7) is 13.4. The largest absolute Gasteiger partial charge is 0.451 e. The molecule has 0 spiro atoms. The lowest BCUT2D eigenvalue weighted by atomic mass is 9.90. The number of carbonyl (C=O) groups excluding carboxylic acids is 6. The predicted octanol–water partition coefficient (Wildman–Crippen LogP) is 0.581. The number of hydrogen-bond donors (Lipinski definition) is 0. The normalized spacial score (nSPS) is 10.7. The minimum atomic E-state index is -3.36. The third-order valence-corrected chi connectivity index (χ3v) is 2.84. The van der Waals surface area contributed by atoms with Gasteiger partial charge in [0.1, 0.15) is 0 Å². The van der Waals surface area contributed by atoms with Crippen molar-refractivity contribution in [2.45, 2.75) is 26.7 Å². The van der Waals surface area contributed by atoms with E-state index >= 15 is 0 Å². The first kappa shape index (κ1) is 22.6. The number of hydrogen-bond acceptors (Lipinski definition) is 9. The fraction of sp³-hybridized carbons (Fsp3) is 0.294. The summed E-state index contributed by atoms with van der Waals surface area (Å²) in [5, 5.41) is 0. The summed E-state index contributed by atoms with van der Waals surface area (Å²) < 4.78 is 14.3. The van der Waals surface area contributed by atoms with Crippen LogP contribution < -0.4 is 0 Å². The highest BCUT2D eigenvalue weighted by Gasteiger charge is 2.64. The standard InChI is InChI=1S/C17H18O9/c1-10(2)13(21)24-17(25-14(22)11(3)4,26-15(23)12(5)6)16(7-18,8-19)9-20/h7-9H,1,3,5H2,2,4,6H3. The van der Waals surface area contributed by atoms with Gasteiger partial charge in [0.15, 0.2) is 18.9 Å². The van der Waals surface area contributed by atoms with Crippen molar-refractivity contribution in [3.63, 3.8) is 0 Å². The second-order valence-corrected chi connectivity index (χ2v) is 5.35. The molecular weight excluding hydrogens is 348 g/mol. The Labute approximate surface area is 149 Å². The molecule has 0 rings (SSSR count). The van der Waals surface area contributed by atoms with Crippen molar-refractivity contribution in [1.82, 2.24) is 0 Å². The van der Waals surface area contributed by atoms with Gasteiger partial charge in [0.05, 0.1) is 0 Å². The molecule has 0 aromatic heterocycles. The Kier molecular flexibility index (Phi) is 7.53. The minimum absolute atomic E-state index is 0.274. The van der Waals surface area contributed by atoms with Crippen LogP contribution in [0.5, 0.6) is 0 Å². The second kappa shape index (κ2) is 8.65. The van der Waals surface area contributed by atoms with Gasteiger partial charge in [-0.25, -0.2) is 14.4 Å². The summed E-state index contributed by atoms with van der Waals surface area (Å²) in [5.41, 5.74) is -3.83. The molecule has 0 saturated carbocycles. The first-order chi connectivity index (χ1) is 11.9. The van der Waals surface area contributed by atoms with E-state index in [1.807, 2.05) is 0 Å². The fourth-order valence-corrected chi connectivity index (χ4v) is 1.25. The Bertz CT molecular complexity index is 608. The van der Waals surface area contributed by atoms with Crippen molar-refractivity contribution in [3.8, 4) is 0 Å². The number of carbonyl (C=O) groups is 6. The average molecular weight is 366 g/mol. The van der Waals surface area contributed by atoms with Gasteiger partial charge in [-0.1, -0.05) is 19.7 Å². The Balaban J connectivity index is 6.70. The molecule has 0 radical (unpaired) electrons. The van der Waals surface area contributed by atoms with Gasteiger partial charge in [-0.15, -0.1) is 0 Å². The molecule has 0 aliphatic carbocycles. The van der Waals surface area contributed by atoms with Crippen molar-refractivity contribution in [2.24, 2.45) is 5.41 Å². The van der Waals surface area contributed by atoms with E-state index in [-0.39, 0.29) is 35.6 Å². The Morgan fingerprint density at radius 3 is 1.04 bits per heavy atom. The molecule has 9 nitrogen and oxygen atoms in total. The van der Waals surface area contributed by atoms with Crippen LogP contribution in [0.2, 0.25) is 0 Å². The van der Waals surface area contributed by atoms with E-state index in [4.69, 9.17) is 14.2 Å². The van der Waals surface area contributed by atoms with Crippen LogP contribution in [0.4, 0.5) is 0 Å². The van der Waals surface area contributed by atoms with Crippen molar-refractivity contribution in [1.29, 1.82) is 0 Å². The molecule has 0 aliphatic heterocycles. The van der Waals surface area contributed by atoms with Gasteiger partial charge >= 0.3 is 23.9 Å².